The first-order chi connectivity index (χ1) is 32.5. The second kappa shape index (κ2) is 13.7. The number of anilines is 3. The number of hydrogen-bond acceptors (Lipinski definition) is 2. The molecule has 14 rings (SSSR count). The van der Waals surface area contributed by atoms with Crippen LogP contribution in [0.2, 0.25) is 0 Å². The van der Waals surface area contributed by atoms with Crippen molar-refractivity contribution in [3.63, 3.8) is 0 Å². The maximum Gasteiger partial charge on any atom is 0.143 e. The zero-order chi connectivity index (χ0) is 43.7. The first kappa shape index (κ1) is 37.2. The minimum atomic E-state index is -0.476. The van der Waals surface area contributed by atoms with Crippen molar-refractivity contribution in [1.29, 1.82) is 0 Å². The summed E-state index contributed by atoms with van der Waals surface area (Å²) in [6.45, 7) is 4.76. The lowest BCUT2D eigenvalue weighted by molar-refractivity contribution is 0.660. The number of furan rings is 1. The lowest BCUT2D eigenvalue weighted by atomic mass is 9.70. The monoisotopic (exact) mass is 841 g/mol. The fraction of sp³-hybridized carbons (Fsp3) is 0.0625. The number of benzene rings is 10. The van der Waals surface area contributed by atoms with Crippen LogP contribution in [0.1, 0.15) is 47.2 Å². The molecule has 0 aliphatic heterocycles. The van der Waals surface area contributed by atoms with Gasteiger partial charge in [0.25, 0.3) is 0 Å². The van der Waals surface area contributed by atoms with Gasteiger partial charge in [-0.15, -0.1) is 0 Å². The summed E-state index contributed by atoms with van der Waals surface area (Å²) >= 11 is 0. The Balaban J connectivity index is 1.08. The van der Waals surface area contributed by atoms with Gasteiger partial charge in [-0.05, 0) is 120 Å². The van der Waals surface area contributed by atoms with E-state index in [1.54, 1.807) is 0 Å². The summed E-state index contributed by atoms with van der Waals surface area (Å²) < 4.78 is 6.75. The SMILES string of the molecule is CC1(C)c2ccccc2-c2ccc(N(c3cc(-c4ccccc4)cc(-c4cccc5c4oc4ccccc45)c3)c3cccc4c3-c3ccccc3C43c4ccccc4-c4ccccc43)cc21. The molecule has 3 aliphatic carbocycles. The van der Waals surface area contributed by atoms with Gasteiger partial charge in [0.2, 0.25) is 0 Å². The largest absolute Gasteiger partial charge is 0.455 e. The van der Waals surface area contributed by atoms with E-state index in [4.69, 9.17) is 4.42 Å². The van der Waals surface area contributed by atoms with E-state index in [1.165, 1.54) is 66.8 Å². The molecule has 2 heteroatoms. The first-order valence-corrected chi connectivity index (χ1v) is 23.1. The van der Waals surface area contributed by atoms with Gasteiger partial charge >= 0.3 is 0 Å². The Morgan fingerprint density at radius 2 is 0.894 bits per heavy atom. The average Bonchev–Trinajstić information content (AvgIpc) is 4.07. The molecule has 310 valence electrons. The Hall–Kier alpha value is -8.20. The van der Waals surface area contributed by atoms with Gasteiger partial charge in [0.1, 0.15) is 11.2 Å². The van der Waals surface area contributed by atoms with E-state index in [-0.39, 0.29) is 5.41 Å². The van der Waals surface area contributed by atoms with E-state index >= 15 is 0 Å². The van der Waals surface area contributed by atoms with E-state index in [9.17, 15) is 0 Å². The van der Waals surface area contributed by atoms with E-state index in [2.05, 4.69) is 243 Å². The Labute approximate surface area is 384 Å². The summed E-state index contributed by atoms with van der Waals surface area (Å²) in [5.41, 5.74) is 24.7. The maximum absolute atomic E-state index is 6.75. The summed E-state index contributed by atoms with van der Waals surface area (Å²) in [4.78, 5) is 2.55. The van der Waals surface area contributed by atoms with Crippen LogP contribution in [0.4, 0.5) is 17.1 Å². The van der Waals surface area contributed by atoms with Crippen LogP contribution in [-0.4, -0.2) is 0 Å². The van der Waals surface area contributed by atoms with Crippen LogP contribution >= 0.6 is 0 Å². The topological polar surface area (TPSA) is 16.4 Å². The van der Waals surface area contributed by atoms with Crippen molar-refractivity contribution in [1.82, 2.24) is 0 Å². The van der Waals surface area contributed by atoms with Crippen molar-refractivity contribution in [3.05, 3.63) is 258 Å². The van der Waals surface area contributed by atoms with E-state index in [1.807, 2.05) is 0 Å². The Kier molecular flexibility index (Phi) is 7.70. The highest BCUT2D eigenvalue weighted by Gasteiger charge is 2.52. The molecule has 0 atom stereocenters. The zero-order valence-electron chi connectivity index (χ0n) is 36.7. The molecule has 3 aliphatic rings. The maximum atomic E-state index is 6.75. The normalized spacial score (nSPS) is 14.2. The summed E-state index contributed by atoms with van der Waals surface area (Å²) in [6, 6.07) is 83.3. The molecule has 1 aromatic heterocycles. The van der Waals surface area contributed by atoms with Gasteiger partial charge in [0.05, 0.1) is 11.1 Å². The van der Waals surface area contributed by atoms with Crippen LogP contribution in [-0.2, 0) is 10.8 Å². The van der Waals surface area contributed by atoms with Gasteiger partial charge in [0, 0.05) is 38.7 Å². The molecule has 0 N–H and O–H groups in total. The van der Waals surface area contributed by atoms with Crippen LogP contribution in [0.15, 0.2) is 229 Å². The number of hydrogen-bond donors (Lipinski definition) is 0. The predicted octanol–water partition coefficient (Wildman–Crippen LogP) is 17.0. The first-order valence-electron chi connectivity index (χ1n) is 23.1. The molecule has 66 heavy (non-hydrogen) atoms. The molecule has 10 aromatic carbocycles. The zero-order valence-corrected chi connectivity index (χ0v) is 36.7. The van der Waals surface area contributed by atoms with Crippen LogP contribution in [0, 0.1) is 0 Å². The molecule has 0 bridgehead atoms. The third kappa shape index (κ3) is 4.96. The highest BCUT2D eigenvalue weighted by molar-refractivity contribution is 6.10. The quantitative estimate of drug-likeness (QED) is 0.172. The molecule has 1 heterocycles. The van der Waals surface area contributed by atoms with Crippen molar-refractivity contribution in [2.24, 2.45) is 0 Å². The molecular weight excluding hydrogens is 799 g/mol. The summed E-state index contributed by atoms with van der Waals surface area (Å²) in [7, 11) is 0. The highest BCUT2D eigenvalue weighted by Crippen LogP contribution is 2.65. The third-order valence-corrected chi connectivity index (χ3v) is 15.1. The lowest BCUT2D eigenvalue weighted by Gasteiger charge is -2.32. The molecule has 11 aromatic rings. The van der Waals surface area contributed by atoms with Gasteiger partial charge in [-0.3, -0.25) is 0 Å². The fourth-order valence-corrected chi connectivity index (χ4v) is 12.2. The molecule has 0 amide bonds. The number of fused-ring (bicyclic) bond motifs is 16. The Morgan fingerprint density at radius 3 is 1.65 bits per heavy atom. The minimum Gasteiger partial charge on any atom is -0.455 e. The number of para-hydroxylation sites is 2. The molecule has 2 nitrogen and oxygen atoms in total. The van der Waals surface area contributed by atoms with Gasteiger partial charge in [-0.1, -0.05) is 196 Å². The second-order valence-electron chi connectivity index (χ2n) is 18.7. The smallest absolute Gasteiger partial charge is 0.143 e. The number of rotatable bonds is 5. The minimum absolute atomic E-state index is 0.186. The van der Waals surface area contributed by atoms with Crippen LogP contribution < -0.4 is 4.90 Å². The van der Waals surface area contributed by atoms with Crippen LogP contribution in [0.3, 0.4) is 0 Å². The van der Waals surface area contributed by atoms with Gasteiger partial charge < -0.3 is 9.32 Å². The van der Waals surface area contributed by atoms with Crippen LogP contribution in [0.5, 0.6) is 0 Å². The van der Waals surface area contributed by atoms with Gasteiger partial charge in [0.15, 0.2) is 0 Å². The number of nitrogens with zero attached hydrogens (tertiary/aromatic N) is 1. The molecule has 0 fully saturated rings. The fourth-order valence-electron chi connectivity index (χ4n) is 12.2. The average molecular weight is 842 g/mol. The van der Waals surface area contributed by atoms with E-state index in [0.29, 0.717) is 0 Å². The molecule has 0 radical (unpaired) electrons. The predicted molar refractivity (Wildman–Crippen MR) is 273 cm³/mol. The highest BCUT2D eigenvalue weighted by atomic mass is 16.3. The molecular formula is C64H43NO. The molecule has 0 saturated heterocycles. The van der Waals surface area contributed by atoms with E-state index < -0.39 is 5.41 Å². The van der Waals surface area contributed by atoms with Crippen molar-refractivity contribution in [3.8, 4) is 55.6 Å². The Bertz CT molecular complexity index is 3770. The van der Waals surface area contributed by atoms with Crippen molar-refractivity contribution in [2.75, 3.05) is 4.90 Å². The van der Waals surface area contributed by atoms with Crippen LogP contribution in [0.25, 0.3) is 77.6 Å². The second-order valence-corrected chi connectivity index (χ2v) is 18.7. The Morgan fingerprint density at radius 1 is 0.348 bits per heavy atom. The summed E-state index contributed by atoms with van der Waals surface area (Å²) in [6.07, 6.45) is 0. The third-order valence-electron chi connectivity index (χ3n) is 15.1. The summed E-state index contributed by atoms with van der Waals surface area (Å²) in [5, 5.41) is 2.24. The van der Waals surface area contributed by atoms with Gasteiger partial charge in [-0.2, -0.15) is 0 Å². The molecule has 0 saturated carbocycles. The van der Waals surface area contributed by atoms with Crippen molar-refractivity contribution >= 4 is 39.0 Å². The van der Waals surface area contributed by atoms with Crippen molar-refractivity contribution in [2.45, 2.75) is 24.7 Å². The molecule has 1 spiro atoms. The standard InChI is InChI=1S/C64H43NO/c1-63(2)53-27-11-6-20-46(53)49-35-34-43(39-58(49)63)65(44-37-41(40-18-4-3-5-19-40)36-42(38-44)45-25-16-26-51-50-23-10-15-33-60(50)66-62(45)51)59-32-17-31-57-61(59)52-24-9-14-30-56(52)64(57)54-28-12-7-21-47(54)48-22-8-13-29-55(48)64/h3-39H,1-2H3. The lowest BCUT2D eigenvalue weighted by Crippen LogP contribution is -2.26. The molecule has 0 unspecified atom stereocenters. The van der Waals surface area contributed by atoms with Gasteiger partial charge in [-0.25, -0.2) is 0 Å². The van der Waals surface area contributed by atoms with Crippen molar-refractivity contribution < 1.29 is 4.42 Å². The summed E-state index contributed by atoms with van der Waals surface area (Å²) in [5.74, 6) is 0. The van der Waals surface area contributed by atoms with E-state index in [0.717, 1.165) is 61.3 Å².